The van der Waals surface area contributed by atoms with Crippen LogP contribution in [0, 0.1) is 11.8 Å². The van der Waals surface area contributed by atoms with E-state index in [-0.39, 0.29) is 35.7 Å². The number of hydrazine groups is 1. The van der Waals surface area contributed by atoms with Crippen LogP contribution in [0.3, 0.4) is 0 Å². The molecule has 3 amide bonds. The van der Waals surface area contributed by atoms with E-state index in [0.717, 1.165) is 0 Å². The van der Waals surface area contributed by atoms with E-state index in [2.05, 4.69) is 10.7 Å². The molecule has 34 heavy (non-hydrogen) atoms. The number of amides is 3. The second-order valence-corrected chi connectivity index (χ2v) is 8.06. The minimum Gasteiger partial charge on any atom is -0.496 e. The second-order valence-electron chi connectivity index (χ2n) is 8.06. The Balaban J connectivity index is 1.47. The number of anilines is 1. The Morgan fingerprint density at radius 2 is 1.82 bits per heavy atom. The van der Waals surface area contributed by atoms with Gasteiger partial charge in [-0.1, -0.05) is 24.3 Å². The van der Waals surface area contributed by atoms with Crippen molar-refractivity contribution in [3.63, 3.8) is 0 Å². The summed E-state index contributed by atoms with van der Waals surface area (Å²) in [5, 5.41) is 4.03. The van der Waals surface area contributed by atoms with Gasteiger partial charge < -0.3 is 14.8 Å². The molecule has 2 atom stereocenters. The van der Waals surface area contributed by atoms with Gasteiger partial charge in [-0.2, -0.15) is 0 Å². The molecule has 1 heterocycles. The number of methoxy groups -OCH3 is 2. The van der Waals surface area contributed by atoms with E-state index in [1.807, 2.05) is 12.2 Å². The molecule has 1 aliphatic heterocycles. The monoisotopic (exact) mass is 463 g/mol. The van der Waals surface area contributed by atoms with Gasteiger partial charge in [0.15, 0.2) is 0 Å². The van der Waals surface area contributed by atoms with E-state index in [0.29, 0.717) is 35.4 Å². The number of benzene rings is 2. The SMILES string of the molecule is COC(=O)c1cc(CNC(=O)c2cccc(N3NC(=O)C4CC=CCC4C3=O)c2)ccc1OC. The number of ether oxygens (including phenoxy) is 2. The van der Waals surface area contributed by atoms with Crippen molar-refractivity contribution in [3.05, 3.63) is 71.3 Å². The van der Waals surface area contributed by atoms with Crippen molar-refractivity contribution in [2.24, 2.45) is 11.8 Å². The van der Waals surface area contributed by atoms with E-state index in [9.17, 15) is 19.2 Å². The van der Waals surface area contributed by atoms with Crippen LogP contribution in [0.5, 0.6) is 5.75 Å². The molecule has 4 rings (SSSR count). The Morgan fingerprint density at radius 3 is 2.56 bits per heavy atom. The van der Waals surface area contributed by atoms with Crippen LogP contribution in [-0.4, -0.2) is 37.9 Å². The molecular formula is C25H25N3O6. The average Bonchev–Trinajstić information content (AvgIpc) is 2.88. The first kappa shape index (κ1) is 23.0. The van der Waals surface area contributed by atoms with E-state index < -0.39 is 11.9 Å². The van der Waals surface area contributed by atoms with Gasteiger partial charge in [0.2, 0.25) is 11.8 Å². The van der Waals surface area contributed by atoms with E-state index in [1.165, 1.54) is 19.2 Å². The summed E-state index contributed by atoms with van der Waals surface area (Å²) in [6, 6.07) is 11.5. The third kappa shape index (κ3) is 4.50. The van der Waals surface area contributed by atoms with Crippen molar-refractivity contribution in [1.82, 2.24) is 10.7 Å². The number of carbonyl (C=O) groups is 4. The summed E-state index contributed by atoms with van der Waals surface area (Å²) >= 11 is 0. The molecular weight excluding hydrogens is 438 g/mol. The Kier molecular flexibility index (Phi) is 6.62. The highest BCUT2D eigenvalue weighted by Crippen LogP contribution is 2.32. The quantitative estimate of drug-likeness (QED) is 0.502. The van der Waals surface area contributed by atoms with Crippen molar-refractivity contribution in [2.75, 3.05) is 19.2 Å². The first-order chi connectivity index (χ1) is 16.4. The van der Waals surface area contributed by atoms with Crippen LogP contribution >= 0.6 is 0 Å². The fourth-order valence-electron chi connectivity index (χ4n) is 4.19. The first-order valence-corrected chi connectivity index (χ1v) is 10.9. The molecule has 176 valence electrons. The molecule has 9 heteroatoms. The fourth-order valence-corrected chi connectivity index (χ4v) is 4.19. The Hall–Kier alpha value is -4.14. The lowest BCUT2D eigenvalue weighted by atomic mass is 9.80. The fraction of sp³-hybridized carbons (Fsp3) is 0.280. The molecule has 2 aliphatic rings. The minimum atomic E-state index is -0.540. The molecule has 2 aromatic carbocycles. The smallest absolute Gasteiger partial charge is 0.341 e. The molecule has 2 aromatic rings. The number of esters is 1. The van der Waals surface area contributed by atoms with Gasteiger partial charge in [0.1, 0.15) is 11.3 Å². The number of fused-ring (bicyclic) bond motifs is 1. The highest BCUT2D eigenvalue weighted by atomic mass is 16.5. The molecule has 2 N–H and O–H groups in total. The maximum atomic E-state index is 13.0. The zero-order valence-electron chi connectivity index (χ0n) is 18.9. The Morgan fingerprint density at radius 1 is 1.06 bits per heavy atom. The first-order valence-electron chi connectivity index (χ1n) is 10.9. The maximum absolute atomic E-state index is 13.0. The van der Waals surface area contributed by atoms with Crippen LogP contribution in [0.2, 0.25) is 0 Å². The highest BCUT2D eigenvalue weighted by molar-refractivity contribution is 6.05. The predicted molar refractivity (Wildman–Crippen MR) is 123 cm³/mol. The summed E-state index contributed by atoms with van der Waals surface area (Å²) in [6.45, 7) is 0.159. The summed E-state index contributed by atoms with van der Waals surface area (Å²) in [5.41, 5.74) is 4.34. The number of nitrogens with zero attached hydrogens (tertiary/aromatic N) is 1. The second kappa shape index (κ2) is 9.78. The number of carbonyl (C=O) groups excluding carboxylic acids is 4. The molecule has 1 saturated heterocycles. The summed E-state index contributed by atoms with van der Waals surface area (Å²) in [6.07, 6.45) is 4.90. The van der Waals surface area contributed by atoms with Gasteiger partial charge in [0.05, 0.1) is 31.7 Å². The van der Waals surface area contributed by atoms with Crippen molar-refractivity contribution in [2.45, 2.75) is 19.4 Å². The van der Waals surface area contributed by atoms with Crippen molar-refractivity contribution in [1.29, 1.82) is 0 Å². The molecule has 9 nitrogen and oxygen atoms in total. The van der Waals surface area contributed by atoms with Gasteiger partial charge >= 0.3 is 5.97 Å². The number of allylic oxidation sites excluding steroid dienone is 2. The maximum Gasteiger partial charge on any atom is 0.341 e. The number of hydrogen-bond acceptors (Lipinski definition) is 6. The Bertz CT molecular complexity index is 1170. The van der Waals surface area contributed by atoms with Crippen molar-refractivity contribution >= 4 is 29.4 Å². The Labute approximate surface area is 196 Å². The zero-order valence-corrected chi connectivity index (χ0v) is 18.9. The van der Waals surface area contributed by atoms with E-state index >= 15 is 0 Å². The van der Waals surface area contributed by atoms with Crippen LogP contribution in [0.25, 0.3) is 0 Å². The topological polar surface area (TPSA) is 114 Å². The zero-order chi connectivity index (χ0) is 24.2. The molecule has 2 unspecified atom stereocenters. The standard InChI is InChI=1S/C25H25N3O6/c1-33-21-11-10-15(12-20(21)25(32)34-2)14-26-22(29)16-6-5-7-17(13-16)28-24(31)19-9-4-3-8-18(19)23(30)27-28/h3-7,10-13,18-19H,8-9,14H2,1-2H3,(H,26,29)(H,27,30). The lowest BCUT2D eigenvalue weighted by Crippen LogP contribution is -2.59. The van der Waals surface area contributed by atoms with Crippen LogP contribution in [-0.2, 0) is 20.9 Å². The molecule has 0 radical (unpaired) electrons. The molecule has 1 aliphatic carbocycles. The molecule has 0 saturated carbocycles. The van der Waals surface area contributed by atoms with Crippen LogP contribution < -0.4 is 20.5 Å². The van der Waals surface area contributed by atoms with Crippen LogP contribution in [0.1, 0.15) is 39.1 Å². The summed E-state index contributed by atoms with van der Waals surface area (Å²) in [4.78, 5) is 50.3. The summed E-state index contributed by atoms with van der Waals surface area (Å²) in [5.74, 6) is -1.70. The summed E-state index contributed by atoms with van der Waals surface area (Å²) < 4.78 is 9.96. The van der Waals surface area contributed by atoms with Crippen LogP contribution in [0.4, 0.5) is 5.69 Å². The average molecular weight is 463 g/mol. The van der Waals surface area contributed by atoms with Gasteiger partial charge in [0.25, 0.3) is 5.91 Å². The lowest BCUT2D eigenvalue weighted by molar-refractivity contribution is -0.139. The largest absolute Gasteiger partial charge is 0.496 e. The third-order valence-corrected chi connectivity index (χ3v) is 6.02. The lowest BCUT2D eigenvalue weighted by Gasteiger charge is -2.38. The minimum absolute atomic E-state index is 0.159. The summed E-state index contributed by atoms with van der Waals surface area (Å²) in [7, 11) is 2.74. The molecule has 0 spiro atoms. The van der Waals surface area contributed by atoms with Gasteiger partial charge in [-0.25, -0.2) is 9.80 Å². The predicted octanol–water partition coefficient (Wildman–Crippen LogP) is 2.37. The van der Waals surface area contributed by atoms with Gasteiger partial charge in [-0.3, -0.25) is 19.8 Å². The number of nitrogens with one attached hydrogen (secondary N) is 2. The van der Waals surface area contributed by atoms with Crippen LogP contribution in [0.15, 0.2) is 54.6 Å². The van der Waals surface area contributed by atoms with E-state index in [4.69, 9.17) is 9.47 Å². The highest BCUT2D eigenvalue weighted by Gasteiger charge is 2.42. The van der Waals surface area contributed by atoms with Gasteiger partial charge in [-0.05, 0) is 48.7 Å². The van der Waals surface area contributed by atoms with Crippen molar-refractivity contribution < 1.29 is 28.7 Å². The molecule has 0 bridgehead atoms. The van der Waals surface area contributed by atoms with E-state index in [1.54, 1.807) is 42.5 Å². The van der Waals surface area contributed by atoms with Gasteiger partial charge in [-0.15, -0.1) is 0 Å². The van der Waals surface area contributed by atoms with Crippen molar-refractivity contribution in [3.8, 4) is 5.75 Å². The normalized spacial score (nSPS) is 19.2. The third-order valence-electron chi connectivity index (χ3n) is 6.02. The molecule has 1 fully saturated rings. The number of hydrogen-bond donors (Lipinski definition) is 2. The molecule has 0 aromatic heterocycles. The van der Waals surface area contributed by atoms with Gasteiger partial charge in [0, 0.05) is 12.1 Å². The number of rotatable bonds is 6.